The maximum absolute atomic E-state index is 13.2. The van der Waals surface area contributed by atoms with Crippen molar-refractivity contribution >= 4 is 43.9 Å². The summed E-state index contributed by atoms with van der Waals surface area (Å²) in [5, 5.41) is 5.64. The van der Waals surface area contributed by atoms with Gasteiger partial charge in [0.15, 0.2) is 0 Å². The van der Waals surface area contributed by atoms with E-state index in [0.717, 1.165) is 21.3 Å². The summed E-state index contributed by atoms with van der Waals surface area (Å²) in [5.41, 5.74) is 2.39. The molecule has 0 fully saturated rings. The lowest BCUT2D eigenvalue weighted by Gasteiger charge is -2.18. The number of rotatable bonds is 8. The average molecular weight is 470 g/mol. The Hall–Kier alpha value is -3.14. The molecule has 32 heavy (non-hydrogen) atoms. The molecule has 0 saturated heterocycles. The molecule has 2 aromatic carbocycles. The number of aromatic amines is 1. The topological polar surface area (TPSA) is 100 Å². The van der Waals surface area contributed by atoms with Crippen molar-refractivity contribution in [2.75, 3.05) is 19.0 Å². The second-order valence-corrected chi connectivity index (χ2v) is 9.97. The number of methoxy groups -OCH3 is 1. The van der Waals surface area contributed by atoms with E-state index in [1.54, 1.807) is 17.4 Å². The Bertz CT molecular complexity index is 1340. The highest BCUT2D eigenvalue weighted by molar-refractivity contribution is 7.89. The molecule has 0 aliphatic carbocycles. The minimum atomic E-state index is -3.92. The third-order valence-corrected chi connectivity index (χ3v) is 7.57. The SMILES string of the molecule is COc1ccc(NC(C)=O)cc1S(=O)(=O)NCC(c1cccs1)c1c[nH]c2ccccc12. The molecule has 0 aliphatic heterocycles. The zero-order chi connectivity index (χ0) is 22.7. The first-order chi connectivity index (χ1) is 15.4. The van der Waals surface area contributed by atoms with Gasteiger partial charge in [-0.05, 0) is 41.3 Å². The van der Waals surface area contributed by atoms with E-state index in [0.29, 0.717) is 5.69 Å². The fraction of sp³-hybridized carbons (Fsp3) is 0.174. The summed E-state index contributed by atoms with van der Waals surface area (Å²) >= 11 is 1.58. The van der Waals surface area contributed by atoms with Crippen molar-refractivity contribution in [3.05, 3.63) is 76.6 Å². The number of anilines is 1. The molecule has 9 heteroatoms. The van der Waals surface area contributed by atoms with Crippen LogP contribution < -0.4 is 14.8 Å². The molecule has 4 rings (SSSR count). The van der Waals surface area contributed by atoms with Crippen LogP contribution in [0.1, 0.15) is 23.3 Å². The van der Waals surface area contributed by atoms with Crippen LogP contribution in [-0.2, 0) is 14.8 Å². The Morgan fingerprint density at radius 2 is 1.97 bits per heavy atom. The van der Waals surface area contributed by atoms with Crippen LogP contribution in [0.2, 0.25) is 0 Å². The van der Waals surface area contributed by atoms with Crippen LogP contribution in [0.15, 0.2) is 71.1 Å². The van der Waals surface area contributed by atoms with Gasteiger partial charge in [-0.3, -0.25) is 4.79 Å². The molecule has 0 saturated carbocycles. The van der Waals surface area contributed by atoms with E-state index in [1.165, 1.54) is 26.2 Å². The molecular weight excluding hydrogens is 446 g/mol. The van der Waals surface area contributed by atoms with Crippen molar-refractivity contribution in [2.45, 2.75) is 17.7 Å². The monoisotopic (exact) mass is 469 g/mol. The van der Waals surface area contributed by atoms with Crippen molar-refractivity contribution in [1.82, 2.24) is 9.71 Å². The van der Waals surface area contributed by atoms with Crippen molar-refractivity contribution < 1.29 is 17.9 Å². The summed E-state index contributed by atoms with van der Waals surface area (Å²) in [7, 11) is -2.51. The van der Waals surface area contributed by atoms with Gasteiger partial charge in [0.25, 0.3) is 0 Å². The third kappa shape index (κ3) is 4.55. The van der Waals surface area contributed by atoms with E-state index in [9.17, 15) is 13.2 Å². The standard InChI is InChI=1S/C23H23N3O4S2/c1-15(27)26-16-9-10-21(30-2)23(12-16)32(28,29)25-14-19(22-8-5-11-31-22)18-13-24-20-7-4-3-6-17(18)20/h3-13,19,24-25H,14H2,1-2H3,(H,26,27). The van der Waals surface area contributed by atoms with E-state index < -0.39 is 10.0 Å². The molecular formula is C23H23N3O4S2. The van der Waals surface area contributed by atoms with Crippen molar-refractivity contribution in [3.8, 4) is 5.75 Å². The molecule has 3 N–H and O–H groups in total. The van der Waals surface area contributed by atoms with E-state index in [4.69, 9.17) is 4.74 Å². The molecule has 1 unspecified atom stereocenters. The second kappa shape index (κ2) is 9.15. The van der Waals surface area contributed by atoms with Crippen LogP contribution in [0.5, 0.6) is 5.75 Å². The van der Waals surface area contributed by atoms with Gasteiger partial charge in [-0.15, -0.1) is 11.3 Å². The number of carbonyl (C=O) groups is 1. The highest BCUT2D eigenvalue weighted by atomic mass is 32.2. The predicted molar refractivity (Wildman–Crippen MR) is 127 cm³/mol. The number of amides is 1. The molecule has 0 aliphatic rings. The number of para-hydroxylation sites is 1. The molecule has 2 heterocycles. The number of thiophene rings is 1. The summed E-state index contributed by atoms with van der Waals surface area (Å²) < 4.78 is 34.5. The molecule has 0 radical (unpaired) electrons. The zero-order valence-corrected chi connectivity index (χ0v) is 19.2. The first kappa shape index (κ1) is 22.1. The van der Waals surface area contributed by atoms with E-state index in [1.807, 2.05) is 48.0 Å². The molecule has 166 valence electrons. The van der Waals surface area contributed by atoms with Crippen molar-refractivity contribution in [2.24, 2.45) is 0 Å². The lowest BCUT2D eigenvalue weighted by Crippen LogP contribution is -2.29. The smallest absolute Gasteiger partial charge is 0.244 e. The van der Waals surface area contributed by atoms with Gasteiger partial charge in [0.2, 0.25) is 15.9 Å². The quantitative estimate of drug-likeness (QED) is 0.358. The van der Waals surface area contributed by atoms with Crippen molar-refractivity contribution in [3.63, 3.8) is 0 Å². The Kier molecular flexibility index (Phi) is 6.31. The first-order valence-corrected chi connectivity index (χ1v) is 12.3. The zero-order valence-electron chi connectivity index (χ0n) is 17.6. The molecule has 2 aromatic heterocycles. The third-order valence-electron chi connectivity index (χ3n) is 5.13. The maximum Gasteiger partial charge on any atom is 0.244 e. The summed E-state index contributed by atoms with van der Waals surface area (Å²) in [5.74, 6) is -0.264. The number of H-pyrrole nitrogens is 1. The normalized spacial score (nSPS) is 12.6. The van der Waals surface area contributed by atoms with E-state index >= 15 is 0 Å². The summed E-state index contributed by atoms with van der Waals surface area (Å²) in [4.78, 5) is 15.7. The number of hydrogen-bond acceptors (Lipinski definition) is 5. The number of ether oxygens (including phenoxy) is 1. The fourth-order valence-corrected chi connectivity index (χ4v) is 5.76. The van der Waals surface area contributed by atoms with Crippen LogP contribution >= 0.6 is 11.3 Å². The van der Waals surface area contributed by atoms with Crippen LogP contribution in [0.3, 0.4) is 0 Å². The largest absolute Gasteiger partial charge is 0.495 e. The van der Waals surface area contributed by atoms with Gasteiger partial charge in [-0.2, -0.15) is 0 Å². The Balaban J connectivity index is 1.67. The van der Waals surface area contributed by atoms with Gasteiger partial charge in [0.05, 0.1) is 7.11 Å². The number of hydrogen-bond donors (Lipinski definition) is 3. The Labute approximate surface area is 190 Å². The molecule has 1 amide bonds. The highest BCUT2D eigenvalue weighted by Crippen LogP contribution is 2.34. The summed E-state index contributed by atoms with van der Waals surface area (Å²) in [6.07, 6.45) is 1.93. The number of fused-ring (bicyclic) bond motifs is 1. The van der Waals surface area contributed by atoms with Gasteiger partial charge in [0.1, 0.15) is 10.6 Å². The van der Waals surface area contributed by atoms with Gasteiger partial charge < -0.3 is 15.0 Å². The number of nitrogens with one attached hydrogen (secondary N) is 3. The summed E-state index contributed by atoms with van der Waals surface area (Å²) in [6.45, 7) is 1.53. The minimum Gasteiger partial charge on any atom is -0.495 e. The van der Waals surface area contributed by atoms with Crippen LogP contribution in [0, 0.1) is 0 Å². The molecule has 1 atom stereocenters. The van der Waals surface area contributed by atoms with Gasteiger partial charge in [-0.25, -0.2) is 13.1 Å². The van der Waals surface area contributed by atoms with Gasteiger partial charge in [-0.1, -0.05) is 24.3 Å². The number of carbonyl (C=O) groups excluding carboxylic acids is 1. The number of sulfonamides is 1. The highest BCUT2D eigenvalue weighted by Gasteiger charge is 2.25. The van der Waals surface area contributed by atoms with Gasteiger partial charge in [0, 0.05) is 47.1 Å². The van der Waals surface area contributed by atoms with Gasteiger partial charge >= 0.3 is 0 Å². The minimum absolute atomic E-state index is 0.0323. The predicted octanol–water partition coefficient (Wildman–Crippen LogP) is 4.31. The molecule has 0 bridgehead atoms. The maximum atomic E-state index is 13.2. The van der Waals surface area contributed by atoms with Crippen LogP contribution in [0.25, 0.3) is 10.9 Å². The average Bonchev–Trinajstić information content (AvgIpc) is 3.44. The Morgan fingerprint density at radius 3 is 2.69 bits per heavy atom. The number of benzene rings is 2. The number of aromatic nitrogens is 1. The van der Waals surface area contributed by atoms with Crippen molar-refractivity contribution in [1.29, 1.82) is 0 Å². The van der Waals surface area contributed by atoms with E-state index in [-0.39, 0.29) is 29.0 Å². The Morgan fingerprint density at radius 1 is 1.16 bits per heavy atom. The van der Waals surface area contributed by atoms with Crippen LogP contribution in [-0.4, -0.2) is 33.0 Å². The molecule has 0 spiro atoms. The fourth-order valence-electron chi connectivity index (χ4n) is 3.67. The lowest BCUT2D eigenvalue weighted by molar-refractivity contribution is -0.114. The second-order valence-electron chi connectivity index (χ2n) is 7.26. The van der Waals surface area contributed by atoms with Crippen LogP contribution in [0.4, 0.5) is 5.69 Å². The first-order valence-electron chi connectivity index (χ1n) is 9.94. The summed E-state index contributed by atoms with van der Waals surface area (Å²) in [6, 6.07) is 16.4. The lowest BCUT2D eigenvalue weighted by atomic mass is 9.97. The van der Waals surface area contributed by atoms with E-state index in [2.05, 4.69) is 15.0 Å². The molecule has 4 aromatic rings. The molecule has 7 nitrogen and oxygen atoms in total.